The molecule has 0 aliphatic carbocycles. The van der Waals surface area contributed by atoms with Gasteiger partial charge in [0.1, 0.15) is 13.2 Å². The summed E-state index contributed by atoms with van der Waals surface area (Å²) in [5.74, 6) is -0.804. The molecule has 0 N–H and O–H groups in total. The van der Waals surface area contributed by atoms with E-state index in [0.29, 0.717) is 13.0 Å². The molecule has 0 aromatic rings. The highest BCUT2D eigenvalue weighted by molar-refractivity contribution is 5.81. The summed E-state index contributed by atoms with van der Waals surface area (Å²) in [5.41, 5.74) is 0. The number of carbonyl (C=O) groups is 2. The second-order valence-electron chi connectivity index (χ2n) is 3.04. The van der Waals surface area contributed by atoms with Gasteiger partial charge in [0.25, 0.3) is 0 Å². The van der Waals surface area contributed by atoms with Gasteiger partial charge in [0.05, 0.1) is 0 Å². The number of carbonyl (C=O) groups excluding carboxylic acids is 2. The van der Waals surface area contributed by atoms with E-state index >= 15 is 0 Å². The maximum Gasteiger partial charge on any atom is 0.330 e. The zero-order valence-corrected chi connectivity index (χ0v) is 9.57. The molecule has 0 spiro atoms. The highest BCUT2D eigenvalue weighted by Crippen LogP contribution is 1.97. The van der Waals surface area contributed by atoms with Crippen molar-refractivity contribution >= 4 is 11.9 Å². The largest absolute Gasteiger partial charge is 0.462 e. The Morgan fingerprint density at radius 3 is 2.44 bits per heavy atom. The second-order valence-corrected chi connectivity index (χ2v) is 3.04. The Morgan fingerprint density at radius 1 is 1.12 bits per heavy atom. The molecule has 0 heterocycles. The first kappa shape index (κ1) is 14.6. The van der Waals surface area contributed by atoms with Crippen LogP contribution in [0, 0.1) is 0 Å². The van der Waals surface area contributed by atoms with Gasteiger partial charge < -0.3 is 14.2 Å². The van der Waals surface area contributed by atoms with E-state index in [-0.39, 0.29) is 19.2 Å². The first-order valence-electron chi connectivity index (χ1n) is 5.14. The molecule has 0 aliphatic rings. The molecular formula is C11H18O5. The summed E-state index contributed by atoms with van der Waals surface area (Å²) in [7, 11) is 1.62. The fourth-order valence-electron chi connectivity index (χ4n) is 0.945. The van der Waals surface area contributed by atoms with Crippen molar-refractivity contribution in [2.75, 3.05) is 26.9 Å². The van der Waals surface area contributed by atoms with Crippen LogP contribution in [-0.4, -0.2) is 38.9 Å². The van der Waals surface area contributed by atoms with Gasteiger partial charge >= 0.3 is 11.9 Å². The Balaban J connectivity index is 3.30. The van der Waals surface area contributed by atoms with E-state index < -0.39 is 5.97 Å². The summed E-state index contributed by atoms with van der Waals surface area (Å²) in [6, 6.07) is 0. The van der Waals surface area contributed by atoms with Crippen LogP contribution in [0.5, 0.6) is 0 Å². The third kappa shape index (κ3) is 9.21. The monoisotopic (exact) mass is 230 g/mol. The normalized spacial score (nSPS) is 9.56. The second kappa shape index (κ2) is 10.2. The van der Waals surface area contributed by atoms with Gasteiger partial charge in [-0.15, -0.1) is 0 Å². The molecule has 5 heteroatoms. The van der Waals surface area contributed by atoms with Crippen molar-refractivity contribution in [3.63, 3.8) is 0 Å². The topological polar surface area (TPSA) is 61.8 Å². The van der Waals surface area contributed by atoms with Crippen molar-refractivity contribution in [3.8, 4) is 0 Å². The first-order valence-corrected chi connectivity index (χ1v) is 5.14. The minimum atomic E-state index is -0.517. The quantitative estimate of drug-likeness (QED) is 0.337. The molecule has 92 valence electrons. The van der Waals surface area contributed by atoms with E-state index in [0.717, 1.165) is 18.9 Å². The number of hydrogen-bond acceptors (Lipinski definition) is 5. The molecule has 0 rings (SSSR count). The first-order chi connectivity index (χ1) is 7.70. The molecule has 5 nitrogen and oxygen atoms in total. The van der Waals surface area contributed by atoms with Crippen molar-refractivity contribution in [1.29, 1.82) is 0 Å². The molecule has 0 fully saturated rings. The number of methoxy groups -OCH3 is 1. The molecule has 0 saturated carbocycles. The number of esters is 2. The Kier molecular flexibility index (Phi) is 9.30. The lowest BCUT2D eigenvalue weighted by molar-refractivity contribution is -0.149. The van der Waals surface area contributed by atoms with Gasteiger partial charge in [-0.1, -0.05) is 6.58 Å². The highest BCUT2D eigenvalue weighted by atomic mass is 16.6. The van der Waals surface area contributed by atoms with Crippen molar-refractivity contribution < 1.29 is 23.8 Å². The molecule has 0 saturated heterocycles. The van der Waals surface area contributed by atoms with Gasteiger partial charge in [0.2, 0.25) is 0 Å². The Labute approximate surface area is 95.4 Å². The number of hydrogen-bond donors (Lipinski definition) is 0. The molecule has 0 radical (unpaired) electrons. The van der Waals surface area contributed by atoms with E-state index in [1.54, 1.807) is 7.11 Å². The van der Waals surface area contributed by atoms with Crippen LogP contribution in [0.25, 0.3) is 0 Å². The highest BCUT2D eigenvalue weighted by Gasteiger charge is 2.03. The Bertz CT molecular complexity index is 224. The minimum Gasteiger partial charge on any atom is -0.462 e. The summed E-state index contributed by atoms with van der Waals surface area (Å²) < 4.78 is 14.3. The SMILES string of the molecule is C=CC(=O)OCCOC(=O)CCCCOC. The van der Waals surface area contributed by atoms with Gasteiger partial charge in [-0.2, -0.15) is 0 Å². The summed E-state index contributed by atoms with van der Waals surface area (Å²) >= 11 is 0. The van der Waals surface area contributed by atoms with Crippen LogP contribution < -0.4 is 0 Å². The molecule has 0 atom stereocenters. The third-order valence-electron chi connectivity index (χ3n) is 1.74. The van der Waals surface area contributed by atoms with Crippen LogP contribution >= 0.6 is 0 Å². The van der Waals surface area contributed by atoms with Crippen LogP contribution in [0.3, 0.4) is 0 Å². The van der Waals surface area contributed by atoms with Gasteiger partial charge in [-0.05, 0) is 12.8 Å². The standard InChI is InChI=1S/C11H18O5/c1-3-10(12)15-8-9-16-11(13)6-4-5-7-14-2/h3H,1,4-9H2,2H3. The molecule has 0 aromatic heterocycles. The predicted molar refractivity (Wildman–Crippen MR) is 57.8 cm³/mol. The molecule has 16 heavy (non-hydrogen) atoms. The average molecular weight is 230 g/mol. The van der Waals surface area contributed by atoms with E-state index in [4.69, 9.17) is 9.47 Å². The fourth-order valence-corrected chi connectivity index (χ4v) is 0.945. The molecule has 0 bridgehead atoms. The van der Waals surface area contributed by atoms with E-state index in [1.165, 1.54) is 0 Å². The Hall–Kier alpha value is -1.36. The van der Waals surface area contributed by atoms with Crippen LogP contribution in [0.1, 0.15) is 19.3 Å². The zero-order valence-electron chi connectivity index (χ0n) is 9.57. The lowest BCUT2D eigenvalue weighted by Gasteiger charge is -2.04. The summed E-state index contributed by atoms with van der Waals surface area (Å²) in [5, 5.41) is 0. The zero-order chi connectivity index (χ0) is 12.2. The van der Waals surface area contributed by atoms with Gasteiger partial charge in [0, 0.05) is 26.2 Å². The van der Waals surface area contributed by atoms with E-state index in [1.807, 2.05) is 0 Å². The maximum atomic E-state index is 11.1. The smallest absolute Gasteiger partial charge is 0.330 e. The van der Waals surface area contributed by atoms with Gasteiger partial charge in [0.15, 0.2) is 0 Å². The Morgan fingerprint density at radius 2 is 1.81 bits per heavy atom. The lowest BCUT2D eigenvalue weighted by Crippen LogP contribution is -2.12. The minimum absolute atomic E-state index is 0.0642. The molecular weight excluding hydrogens is 212 g/mol. The summed E-state index contributed by atoms with van der Waals surface area (Å²) in [4.78, 5) is 21.7. The number of unbranched alkanes of at least 4 members (excludes halogenated alkanes) is 1. The van der Waals surface area contributed by atoms with Crippen molar-refractivity contribution in [3.05, 3.63) is 12.7 Å². The molecule has 0 amide bonds. The third-order valence-corrected chi connectivity index (χ3v) is 1.74. The van der Waals surface area contributed by atoms with E-state index in [9.17, 15) is 9.59 Å². The van der Waals surface area contributed by atoms with Crippen LogP contribution in [0.2, 0.25) is 0 Å². The van der Waals surface area contributed by atoms with Crippen molar-refractivity contribution in [1.82, 2.24) is 0 Å². The van der Waals surface area contributed by atoms with Crippen LogP contribution in [-0.2, 0) is 23.8 Å². The number of rotatable bonds is 9. The molecule has 0 aliphatic heterocycles. The predicted octanol–water partition coefficient (Wildman–Crippen LogP) is 1.08. The van der Waals surface area contributed by atoms with Gasteiger partial charge in [-0.25, -0.2) is 4.79 Å². The fraction of sp³-hybridized carbons (Fsp3) is 0.636. The molecule has 0 unspecified atom stereocenters. The van der Waals surface area contributed by atoms with Crippen LogP contribution in [0.4, 0.5) is 0 Å². The molecule has 0 aromatic carbocycles. The van der Waals surface area contributed by atoms with Gasteiger partial charge in [-0.3, -0.25) is 4.79 Å². The lowest BCUT2D eigenvalue weighted by atomic mass is 10.2. The summed E-state index contributed by atoms with van der Waals surface area (Å²) in [6.07, 6.45) is 2.99. The van der Waals surface area contributed by atoms with Crippen molar-refractivity contribution in [2.24, 2.45) is 0 Å². The van der Waals surface area contributed by atoms with Crippen LogP contribution in [0.15, 0.2) is 12.7 Å². The average Bonchev–Trinajstić information content (AvgIpc) is 2.30. The number of ether oxygens (including phenoxy) is 3. The van der Waals surface area contributed by atoms with Crippen molar-refractivity contribution in [2.45, 2.75) is 19.3 Å². The maximum absolute atomic E-state index is 11.1. The van der Waals surface area contributed by atoms with E-state index in [2.05, 4.69) is 11.3 Å². The summed E-state index contributed by atoms with van der Waals surface area (Å²) in [6.45, 7) is 4.03.